The molecule has 0 amide bonds. The van der Waals surface area contributed by atoms with Crippen LogP contribution < -0.4 is 5.32 Å². The summed E-state index contributed by atoms with van der Waals surface area (Å²) in [5.41, 5.74) is 0. The molecule has 3 heteroatoms. The summed E-state index contributed by atoms with van der Waals surface area (Å²) in [4.78, 5) is 0. The lowest BCUT2D eigenvalue weighted by Gasteiger charge is -2.36. The molecule has 1 saturated carbocycles. The summed E-state index contributed by atoms with van der Waals surface area (Å²) >= 11 is 0. The van der Waals surface area contributed by atoms with E-state index in [0.717, 1.165) is 19.1 Å². The van der Waals surface area contributed by atoms with Gasteiger partial charge < -0.3 is 14.8 Å². The fourth-order valence-electron chi connectivity index (χ4n) is 3.95. The molecule has 0 spiro atoms. The molecule has 1 aliphatic carbocycles. The Hall–Kier alpha value is -0.120. The van der Waals surface area contributed by atoms with Gasteiger partial charge in [0.25, 0.3) is 0 Å². The molecule has 0 aromatic heterocycles. The lowest BCUT2D eigenvalue weighted by atomic mass is 9.81. The van der Waals surface area contributed by atoms with Crippen molar-refractivity contribution in [3.63, 3.8) is 0 Å². The molecule has 0 aromatic carbocycles. The predicted octanol–water partition coefficient (Wildman–Crippen LogP) is 3.52. The van der Waals surface area contributed by atoms with Crippen molar-refractivity contribution in [2.24, 2.45) is 5.92 Å². The lowest BCUT2D eigenvalue weighted by Crippen LogP contribution is -2.45. The van der Waals surface area contributed by atoms with Crippen LogP contribution in [0.25, 0.3) is 0 Å². The highest BCUT2D eigenvalue weighted by Gasteiger charge is 2.31. The monoisotopic (exact) mass is 283 g/mol. The van der Waals surface area contributed by atoms with E-state index in [0.29, 0.717) is 18.2 Å². The Morgan fingerprint density at radius 1 is 1.15 bits per heavy atom. The van der Waals surface area contributed by atoms with E-state index in [1.165, 1.54) is 57.8 Å². The summed E-state index contributed by atoms with van der Waals surface area (Å²) in [6, 6.07) is 0.488. The standard InChI is InChI=1S/C17H33NO2/c1-3-19-17(14-8-5-4-6-9-14)16(18-2)12-11-15-10-7-13-20-15/h14-18H,3-13H2,1-2H3. The Morgan fingerprint density at radius 2 is 1.95 bits per heavy atom. The van der Waals surface area contributed by atoms with Crippen molar-refractivity contribution in [1.82, 2.24) is 5.32 Å². The molecule has 2 rings (SSSR count). The van der Waals surface area contributed by atoms with Crippen molar-refractivity contribution >= 4 is 0 Å². The highest BCUT2D eigenvalue weighted by atomic mass is 16.5. The Kier molecular flexibility index (Phi) is 7.32. The van der Waals surface area contributed by atoms with Crippen molar-refractivity contribution in [1.29, 1.82) is 0 Å². The van der Waals surface area contributed by atoms with E-state index in [1.807, 2.05) is 0 Å². The van der Waals surface area contributed by atoms with Crippen LogP contribution >= 0.6 is 0 Å². The van der Waals surface area contributed by atoms with Gasteiger partial charge in [-0.25, -0.2) is 0 Å². The Balaban J connectivity index is 1.85. The maximum absolute atomic E-state index is 6.15. The minimum Gasteiger partial charge on any atom is -0.378 e. The highest BCUT2D eigenvalue weighted by Crippen LogP contribution is 2.31. The van der Waals surface area contributed by atoms with E-state index in [9.17, 15) is 0 Å². The van der Waals surface area contributed by atoms with Crippen LogP contribution in [0.4, 0.5) is 0 Å². The normalized spacial score (nSPS) is 27.6. The molecule has 3 unspecified atom stereocenters. The molecule has 3 atom stereocenters. The average Bonchev–Trinajstić information content (AvgIpc) is 3.01. The summed E-state index contributed by atoms with van der Waals surface area (Å²) < 4.78 is 11.9. The van der Waals surface area contributed by atoms with Crippen LogP contribution in [0.5, 0.6) is 0 Å². The van der Waals surface area contributed by atoms with Gasteiger partial charge >= 0.3 is 0 Å². The summed E-state index contributed by atoms with van der Waals surface area (Å²) in [6.45, 7) is 3.92. The van der Waals surface area contributed by atoms with Crippen molar-refractivity contribution in [2.45, 2.75) is 83.0 Å². The van der Waals surface area contributed by atoms with Gasteiger partial charge in [-0.15, -0.1) is 0 Å². The molecule has 2 fully saturated rings. The molecule has 1 aliphatic heterocycles. The fourth-order valence-corrected chi connectivity index (χ4v) is 3.95. The summed E-state index contributed by atoms with van der Waals surface area (Å²) in [6.07, 6.45) is 12.6. The molecule has 0 aromatic rings. The third-order valence-corrected chi connectivity index (χ3v) is 5.06. The number of ether oxygens (including phenoxy) is 2. The van der Waals surface area contributed by atoms with Crippen molar-refractivity contribution < 1.29 is 9.47 Å². The molecule has 0 radical (unpaired) electrons. The maximum Gasteiger partial charge on any atom is 0.0755 e. The van der Waals surface area contributed by atoms with Crippen LogP contribution in [0.1, 0.15) is 64.7 Å². The van der Waals surface area contributed by atoms with Gasteiger partial charge in [0, 0.05) is 19.3 Å². The molecular formula is C17H33NO2. The molecule has 1 N–H and O–H groups in total. The first-order valence-corrected chi connectivity index (χ1v) is 8.75. The Bertz CT molecular complexity index is 247. The molecule has 1 heterocycles. The second-order valence-corrected chi connectivity index (χ2v) is 6.43. The van der Waals surface area contributed by atoms with Crippen molar-refractivity contribution in [3.8, 4) is 0 Å². The van der Waals surface area contributed by atoms with Gasteiger partial charge in [-0.05, 0) is 58.4 Å². The van der Waals surface area contributed by atoms with Gasteiger partial charge in [-0.1, -0.05) is 19.3 Å². The average molecular weight is 283 g/mol. The summed E-state index contributed by atoms with van der Waals surface area (Å²) in [7, 11) is 2.09. The number of hydrogen-bond donors (Lipinski definition) is 1. The van der Waals surface area contributed by atoms with Crippen LogP contribution in [0.15, 0.2) is 0 Å². The Morgan fingerprint density at radius 3 is 2.55 bits per heavy atom. The lowest BCUT2D eigenvalue weighted by molar-refractivity contribution is -0.0211. The number of likely N-dealkylation sites (N-methyl/N-ethyl adjacent to an activating group) is 1. The molecule has 2 aliphatic rings. The summed E-state index contributed by atoms with van der Waals surface area (Å²) in [5, 5.41) is 3.53. The fraction of sp³-hybridized carbons (Fsp3) is 1.00. The molecule has 118 valence electrons. The van der Waals surface area contributed by atoms with Crippen LogP contribution in [0, 0.1) is 5.92 Å². The van der Waals surface area contributed by atoms with Gasteiger partial charge in [0.1, 0.15) is 0 Å². The topological polar surface area (TPSA) is 30.5 Å². The smallest absolute Gasteiger partial charge is 0.0755 e. The molecule has 0 bridgehead atoms. The SMILES string of the molecule is CCOC(C1CCCCC1)C(CCC1CCCO1)NC. The number of rotatable bonds is 8. The Labute approximate surface area is 124 Å². The van der Waals surface area contributed by atoms with Gasteiger partial charge in [0.2, 0.25) is 0 Å². The molecular weight excluding hydrogens is 250 g/mol. The first-order chi connectivity index (χ1) is 9.85. The second kappa shape index (κ2) is 9.01. The van der Waals surface area contributed by atoms with Crippen LogP contribution in [0.3, 0.4) is 0 Å². The van der Waals surface area contributed by atoms with Crippen molar-refractivity contribution in [3.05, 3.63) is 0 Å². The first kappa shape index (κ1) is 16.3. The van der Waals surface area contributed by atoms with E-state index in [-0.39, 0.29) is 0 Å². The zero-order valence-electron chi connectivity index (χ0n) is 13.4. The second-order valence-electron chi connectivity index (χ2n) is 6.43. The van der Waals surface area contributed by atoms with Gasteiger partial charge in [-0.3, -0.25) is 0 Å². The van der Waals surface area contributed by atoms with E-state index in [2.05, 4.69) is 19.3 Å². The minimum atomic E-state index is 0.395. The van der Waals surface area contributed by atoms with Gasteiger partial charge in [0.15, 0.2) is 0 Å². The quantitative estimate of drug-likeness (QED) is 0.739. The largest absolute Gasteiger partial charge is 0.378 e. The zero-order chi connectivity index (χ0) is 14.2. The van der Waals surface area contributed by atoms with Gasteiger partial charge in [0.05, 0.1) is 12.2 Å². The first-order valence-electron chi connectivity index (χ1n) is 8.75. The third kappa shape index (κ3) is 4.71. The third-order valence-electron chi connectivity index (χ3n) is 5.06. The predicted molar refractivity (Wildman–Crippen MR) is 83.0 cm³/mol. The van der Waals surface area contributed by atoms with Crippen molar-refractivity contribution in [2.75, 3.05) is 20.3 Å². The maximum atomic E-state index is 6.15. The number of hydrogen-bond acceptors (Lipinski definition) is 3. The molecule has 1 saturated heterocycles. The summed E-state index contributed by atoms with van der Waals surface area (Å²) in [5.74, 6) is 0.755. The van der Waals surface area contributed by atoms with E-state index in [1.54, 1.807) is 0 Å². The van der Waals surface area contributed by atoms with E-state index in [4.69, 9.17) is 9.47 Å². The van der Waals surface area contributed by atoms with E-state index < -0.39 is 0 Å². The zero-order valence-corrected chi connectivity index (χ0v) is 13.4. The molecule has 3 nitrogen and oxygen atoms in total. The van der Waals surface area contributed by atoms with Gasteiger partial charge in [-0.2, -0.15) is 0 Å². The van der Waals surface area contributed by atoms with Crippen LogP contribution in [0.2, 0.25) is 0 Å². The minimum absolute atomic E-state index is 0.395. The van der Waals surface area contributed by atoms with Crippen LogP contribution in [-0.4, -0.2) is 38.5 Å². The highest BCUT2D eigenvalue weighted by molar-refractivity contribution is 4.85. The van der Waals surface area contributed by atoms with Crippen LogP contribution in [-0.2, 0) is 9.47 Å². The number of nitrogens with one attached hydrogen (secondary N) is 1. The molecule has 20 heavy (non-hydrogen) atoms. The van der Waals surface area contributed by atoms with E-state index >= 15 is 0 Å².